The molecule has 0 radical (unpaired) electrons. The quantitative estimate of drug-likeness (QED) is 0.477. The molecule has 2 N–H and O–H groups in total. The summed E-state index contributed by atoms with van der Waals surface area (Å²) in [5.74, 6) is 0.713. The number of likely N-dealkylation sites (tertiary alicyclic amines) is 1. The lowest BCUT2D eigenvalue weighted by Crippen LogP contribution is -2.41. The molecule has 0 aromatic heterocycles. The lowest BCUT2D eigenvalue weighted by atomic mass is 9.84. The largest absolute Gasteiger partial charge is 0.370 e. The van der Waals surface area contributed by atoms with E-state index in [9.17, 15) is 0 Å². The topological polar surface area (TPSA) is 41.6 Å². The highest BCUT2D eigenvalue weighted by Crippen LogP contribution is 2.24. The van der Waals surface area contributed by atoms with Crippen LogP contribution in [0.5, 0.6) is 0 Å². The monoisotopic (exact) mass is 401 g/mol. The van der Waals surface area contributed by atoms with E-state index in [1.807, 2.05) is 0 Å². The van der Waals surface area contributed by atoms with Gasteiger partial charge in [0, 0.05) is 18.5 Å². The first kappa shape index (κ1) is 18.3. The Hall–Kier alpha value is -0.780. The standard InChI is InChI=1S/C17H27N3.HI/c1-14-8-7-9-15(12-14)17(2,3)13-19-16(18)20-10-5-4-6-11-20;/h7-9,12H,4-6,10-11,13H2,1-3H3,(H2,18,19);1H. The van der Waals surface area contributed by atoms with Crippen molar-refractivity contribution in [3.05, 3.63) is 35.4 Å². The van der Waals surface area contributed by atoms with Gasteiger partial charge in [-0.2, -0.15) is 0 Å². The van der Waals surface area contributed by atoms with Crippen LogP contribution in [-0.4, -0.2) is 30.5 Å². The first-order chi connectivity index (χ1) is 9.49. The van der Waals surface area contributed by atoms with E-state index >= 15 is 0 Å². The lowest BCUT2D eigenvalue weighted by Gasteiger charge is -2.29. The average Bonchev–Trinajstić information content (AvgIpc) is 2.46. The Kier molecular flexibility index (Phi) is 6.97. The van der Waals surface area contributed by atoms with Crippen LogP contribution in [0, 0.1) is 6.92 Å². The second-order valence-corrected chi connectivity index (χ2v) is 6.48. The molecular formula is C17H28IN3. The predicted octanol–water partition coefficient (Wildman–Crippen LogP) is 3.69. The minimum Gasteiger partial charge on any atom is -0.370 e. The minimum absolute atomic E-state index is 0. The normalized spacial score (nSPS) is 16.5. The fourth-order valence-electron chi connectivity index (χ4n) is 2.66. The number of benzene rings is 1. The fourth-order valence-corrected chi connectivity index (χ4v) is 2.66. The minimum atomic E-state index is 0. The molecule has 0 spiro atoms. The number of halogens is 1. The summed E-state index contributed by atoms with van der Waals surface area (Å²) in [6, 6.07) is 8.67. The van der Waals surface area contributed by atoms with Gasteiger partial charge in [0.2, 0.25) is 0 Å². The molecule has 0 bridgehead atoms. The highest BCUT2D eigenvalue weighted by molar-refractivity contribution is 14.0. The van der Waals surface area contributed by atoms with Gasteiger partial charge in [0.1, 0.15) is 0 Å². The van der Waals surface area contributed by atoms with E-state index in [4.69, 9.17) is 5.73 Å². The van der Waals surface area contributed by atoms with Gasteiger partial charge in [0.25, 0.3) is 0 Å². The van der Waals surface area contributed by atoms with Crippen LogP contribution in [0.4, 0.5) is 0 Å². The molecule has 0 aliphatic carbocycles. The number of guanidine groups is 1. The molecule has 0 unspecified atom stereocenters. The van der Waals surface area contributed by atoms with Gasteiger partial charge in [0.15, 0.2) is 5.96 Å². The molecule has 0 amide bonds. The smallest absolute Gasteiger partial charge is 0.191 e. The molecule has 0 atom stereocenters. The van der Waals surface area contributed by atoms with Crippen molar-refractivity contribution in [2.75, 3.05) is 19.6 Å². The molecule has 1 saturated heterocycles. The summed E-state index contributed by atoms with van der Waals surface area (Å²) in [6.45, 7) is 9.44. The van der Waals surface area contributed by atoms with Crippen LogP contribution in [0.3, 0.4) is 0 Å². The van der Waals surface area contributed by atoms with Crippen molar-refractivity contribution in [1.29, 1.82) is 0 Å². The Balaban J connectivity index is 0.00000220. The van der Waals surface area contributed by atoms with Crippen molar-refractivity contribution in [2.45, 2.75) is 45.4 Å². The van der Waals surface area contributed by atoms with E-state index in [2.05, 4.69) is 54.9 Å². The van der Waals surface area contributed by atoms with E-state index in [1.165, 1.54) is 30.4 Å². The first-order valence-corrected chi connectivity index (χ1v) is 7.61. The third-order valence-electron chi connectivity index (χ3n) is 4.12. The van der Waals surface area contributed by atoms with E-state index in [-0.39, 0.29) is 29.4 Å². The molecule has 0 saturated carbocycles. The van der Waals surface area contributed by atoms with Crippen molar-refractivity contribution in [3.8, 4) is 0 Å². The zero-order valence-electron chi connectivity index (χ0n) is 13.4. The Morgan fingerprint density at radius 2 is 1.90 bits per heavy atom. The number of rotatable bonds is 3. The molecular weight excluding hydrogens is 373 g/mol. The zero-order chi connectivity index (χ0) is 14.6. The predicted molar refractivity (Wildman–Crippen MR) is 102 cm³/mol. The van der Waals surface area contributed by atoms with Gasteiger partial charge >= 0.3 is 0 Å². The summed E-state index contributed by atoms with van der Waals surface area (Å²) >= 11 is 0. The lowest BCUT2D eigenvalue weighted by molar-refractivity contribution is 0.337. The SMILES string of the molecule is Cc1cccc(C(C)(C)CN=C(N)N2CCCCC2)c1.I. The van der Waals surface area contributed by atoms with Gasteiger partial charge in [-0.1, -0.05) is 43.7 Å². The third kappa shape index (κ3) is 5.16. The third-order valence-corrected chi connectivity index (χ3v) is 4.12. The second-order valence-electron chi connectivity index (χ2n) is 6.48. The summed E-state index contributed by atoms with van der Waals surface area (Å²) in [7, 11) is 0. The maximum absolute atomic E-state index is 6.14. The summed E-state index contributed by atoms with van der Waals surface area (Å²) in [6.07, 6.45) is 3.79. The molecule has 2 rings (SSSR count). The molecule has 1 aliphatic rings. The fraction of sp³-hybridized carbons (Fsp3) is 0.588. The summed E-state index contributed by atoms with van der Waals surface area (Å²) in [5.41, 5.74) is 8.78. The van der Waals surface area contributed by atoms with Gasteiger partial charge in [-0.3, -0.25) is 4.99 Å². The average molecular weight is 401 g/mol. The maximum atomic E-state index is 6.14. The molecule has 4 heteroatoms. The Bertz CT molecular complexity index is 477. The van der Waals surface area contributed by atoms with Crippen molar-refractivity contribution in [3.63, 3.8) is 0 Å². The molecule has 21 heavy (non-hydrogen) atoms. The second kappa shape index (κ2) is 8.01. The molecule has 1 fully saturated rings. The van der Waals surface area contributed by atoms with E-state index < -0.39 is 0 Å². The van der Waals surface area contributed by atoms with Crippen LogP contribution in [0.15, 0.2) is 29.3 Å². The zero-order valence-corrected chi connectivity index (χ0v) is 15.8. The van der Waals surface area contributed by atoms with Crippen LogP contribution < -0.4 is 5.73 Å². The van der Waals surface area contributed by atoms with Gasteiger partial charge in [-0.15, -0.1) is 24.0 Å². The van der Waals surface area contributed by atoms with Crippen LogP contribution in [0.1, 0.15) is 44.2 Å². The molecule has 1 aliphatic heterocycles. The van der Waals surface area contributed by atoms with E-state index in [1.54, 1.807) is 0 Å². The Labute approximate surface area is 146 Å². The maximum Gasteiger partial charge on any atom is 0.191 e. The molecule has 1 aromatic rings. The first-order valence-electron chi connectivity index (χ1n) is 7.61. The van der Waals surface area contributed by atoms with Crippen molar-refractivity contribution >= 4 is 29.9 Å². The van der Waals surface area contributed by atoms with Gasteiger partial charge in [-0.05, 0) is 31.7 Å². The van der Waals surface area contributed by atoms with Gasteiger partial charge in [0.05, 0.1) is 6.54 Å². The summed E-state index contributed by atoms with van der Waals surface area (Å²) in [4.78, 5) is 6.86. The highest BCUT2D eigenvalue weighted by Gasteiger charge is 2.21. The van der Waals surface area contributed by atoms with Gasteiger partial charge in [-0.25, -0.2) is 0 Å². The Morgan fingerprint density at radius 3 is 2.52 bits per heavy atom. The van der Waals surface area contributed by atoms with Gasteiger partial charge < -0.3 is 10.6 Å². The number of piperidine rings is 1. The molecule has 3 nitrogen and oxygen atoms in total. The van der Waals surface area contributed by atoms with Crippen LogP contribution in [0.25, 0.3) is 0 Å². The Morgan fingerprint density at radius 1 is 1.24 bits per heavy atom. The van der Waals surface area contributed by atoms with E-state index in [0.717, 1.165) is 19.6 Å². The molecule has 1 heterocycles. The van der Waals surface area contributed by atoms with Crippen LogP contribution >= 0.6 is 24.0 Å². The number of hydrogen-bond acceptors (Lipinski definition) is 1. The van der Waals surface area contributed by atoms with Crippen LogP contribution in [-0.2, 0) is 5.41 Å². The number of nitrogens with zero attached hydrogens (tertiary/aromatic N) is 2. The van der Waals surface area contributed by atoms with Crippen molar-refractivity contribution in [2.24, 2.45) is 10.7 Å². The number of aryl methyl sites for hydroxylation is 1. The van der Waals surface area contributed by atoms with Crippen molar-refractivity contribution < 1.29 is 0 Å². The summed E-state index contributed by atoms with van der Waals surface area (Å²) < 4.78 is 0. The summed E-state index contributed by atoms with van der Waals surface area (Å²) in [5, 5.41) is 0. The molecule has 1 aromatic carbocycles. The number of aliphatic imine (C=N–C) groups is 1. The number of nitrogens with two attached hydrogens (primary N) is 1. The molecule has 118 valence electrons. The van der Waals surface area contributed by atoms with Crippen molar-refractivity contribution in [1.82, 2.24) is 4.90 Å². The van der Waals surface area contributed by atoms with Crippen LogP contribution in [0.2, 0.25) is 0 Å². The van der Waals surface area contributed by atoms with E-state index in [0.29, 0.717) is 5.96 Å². The number of hydrogen-bond donors (Lipinski definition) is 1. The highest BCUT2D eigenvalue weighted by atomic mass is 127.